The fraction of sp³-hybridized carbons (Fsp3) is 0.111. The van der Waals surface area contributed by atoms with Crippen molar-refractivity contribution in [1.29, 1.82) is 0 Å². The van der Waals surface area contributed by atoms with E-state index in [0.717, 1.165) is 15.9 Å². The third-order valence-electron chi connectivity index (χ3n) is 3.65. The van der Waals surface area contributed by atoms with Gasteiger partial charge in [0.25, 0.3) is 5.91 Å². The van der Waals surface area contributed by atoms with Gasteiger partial charge in [0.15, 0.2) is 11.0 Å². The van der Waals surface area contributed by atoms with Gasteiger partial charge in [-0.3, -0.25) is 4.79 Å². The number of hydrogen-bond donors (Lipinski definition) is 2. The highest BCUT2D eigenvalue weighted by atomic mass is 79.9. The molecule has 0 aliphatic heterocycles. The number of phenolic OH excluding ortho intramolecular Hbond substituents is 1. The minimum atomic E-state index is -0.293. The van der Waals surface area contributed by atoms with Crippen molar-refractivity contribution in [1.82, 2.24) is 20.2 Å². The van der Waals surface area contributed by atoms with Crippen LogP contribution in [0.3, 0.4) is 0 Å². The van der Waals surface area contributed by atoms with E-state index in [2.05, 4.69) is 52.6 Å². The molecule has 0 radical (unpaired) electrons. The number of rotatable bonds is 6. The highest BCUT2D eigenvalue weighted by Gasteiger charge is 2.12. The molecule has 3 aromatic rings. The summed E-state index contributed by atoms with van der Waals surface area (Å²) < 4.78 is 3.15. The average molecular weight is 525 g/mol. The molecule has 0 unspecified atom stereocenters. The van der Waals surface area contributed by atoms with Gasteiger partial charge in [0.1, 0.15) is 5.75 Å². The van der Waals surface area contributed by atoms with Gasteiger partial charge in [-0.1, -0.05) is 58.0 Å². The van der Waals surface area contributed by atoms with E-state index in [4.69, 9.17) is 0 Å². The summed E-state index contributed by atoms with van der Waals surface area (Å²) in [6.45, 7) is 0. The predicted molar refractivity (Wildman–Crippen MR) is 116 cm³/mol. The molecule has 1 aromatic heterocycles. The molecule has 2 aromatic carbocycles. The third kappa shape index (κ3) is 5.00. The lowest BCUT2D eigenvalue weighted by Crippen LogP contribution is -2.19. The first kappa shape index (κ1) is 20.6. The number of aromatic nitrogens is 3. The van der Waals surface area contributed by atoms with Crippen molar-refractivity contribution in [2.45, 2.75) is 5.16 Å². The first-order chi connectivity index (χ1) is 13.5. The number of carbonyl (C=O) groups is 1. The van der Waals surface area contributed by atoms with Gasteiger partial charge in [-0.15, -0.1) is 10.2 Å². The Kier molecular flexibility index (Phi) is 6.87. The number of nitrogens with one attached hydrogen (secondary N) is 1. The summed E-state index contributed by atoms with van der Waals surface area (Å²) in [5.41, 5.74) is 3.86. The Morgan fingerprint density at radius 1 is 1.29 bits per heavy atom. The third-order valence-corrected chi connectivity index (χ3v) is 5.73. The van der Waals surface area contributed by atoms with Crippen molar-refractivity contribution in [2.75, 3.05) is 5.75 Å². The lowest BCUT2D eigenvalue weighted by atomic mass is 10.2. The molecule has 3 rings (SSSR count). The summed E-state index contributed by atoms with van der Waals surface area (Å²) in [4.78, 5) is 12.0. The molecule has 0 saturated heterocycles. The highest BCUT2D eigenvalue weighted by Crippen LogP contribution is 2.30. The lowest BCUT2D eigenvalue weighted by molar-refractivity contribution is -0.118. The van der Waals surface area contributed by atoms with E-state index in [-0.39, 0.29) is 17.4 Å². The Morgan fingerprint density at radius 3 is 2.79 bits per heavy atom. The van der Waals surface area contributed by atoms with Crippen LogP contribution >= 0.6 is 43.6 Å². The number of nitrogens with zero attached hydrogens (tertiary/aromatic N) is 4. The van der Waals surface area contributed by atoms with Crippen LogP contribution in [0.2, 0.25) is 0 Å². The molecule has 0 aliphatic carbocycles. The summed E-state index contributed by atoms with van der Waals surface area (Å²) >= 11 is 7.85. The molecule has 0 spiro atoms. The van der Waals surface area contributed by atoms with Crippen molar-refractivity contribution in [3.05, 3.63) is 57.0 Å². The van der Waals surface area contributed by atoms with E-state index < -0.39 is 0 Å². The van der Waals surface area contributed by atoms with Crippen LogP contribution in [0.4, 0.5) is 0 Å². The van der Waals surface area contributed by atoms with Gasteiger partial charge in [0.05, 0.1) is 16.4 Å². The molecule has 10 heteroatoms. The second kappa shape index (κ2) is 9.35. The van der Waals surface area contributed by atoms with Crippen LogP contribution in [0.15, 0.2) is 61.7 Å². The number of amides is 1. The van der Waals surface area contributed by atoms with E-state index in [0.29, 0.717) is 15.2 Å². The Balaban J connectivity index is 1.58. The largest absolute Gasteiger partial charge is 0.506 e. The lowest BCUT2D eigenvalue weighted by Gasteiger charge is -2.04. The minimum Gasteiger partial charge on any atom is -0.506 e. The van der Waals surface area contributed by atoms with Crippen molar-refractivity contribution in [2.24, 2.45) is 12.1 Å². The standard InChI is InChI=1S/C18H15Br2N5O2S/c1-25-17(11-5-3-2-4-6-11)23-24-18(25)28-10-15(26)22-21-9-12-7-13(19)8-14(20)16(12)27/h2-9,27H,10H2,1H3,(H,22,26)/b21-9+. The van der Waals surface area contributed by atoms with Crippen molar-refractivity contribution < 1.29 is 9.90 Å². The van der Waals surface area contributed by atoms with Crippen LogP contribution in [-0.4, -0.2) is 37.7 Å². The summed E-state index contributed by atoms with van der Waals surface area (Å²) in [6.07, 6.45) is 1.38. The average Bonchev–Trinajstić information content (AvgIpc) is 3.05. The van der Waals surface area contributed by atoms with Crippen LogP contribution in [0, 0.1) is 0 Å². The molecule has 0 atom stereocenters. The fourth-order valence-corrected chi connectivity index (χ4v) is 4.26. The van der Waals surface area contributed by atoms with Gasteiger partial charge in [-0.25, -0.2) is 5.43 Å². The van der Waals surface area contributed by atoms with Crippen LogP contribution in [0.25, 0.3) is 11.4 Å². The van der Waals surface area contributed by atoms with Gasteiger partial charge in [0.2, 0.25) is 0 Å². The van der Waals surface area contributed by atoms with Crippen LogP contribution in [-0.2, 0) is 11.8 Å². The number of phenols is 1. The van der Waals surface area contributed by atoms with Crippen LogP contribution in [0.5, 0.6) is 5.75 Å². The van der Waals surface area contributed by atoms with Gasteiger partial charge < -0.3 is 9.67 Å². The Morgan fingerprint density at radius 2 is 2.04 bits per heavy atom. The molecule has 0 fully saturated rings. The number of benzene rings is 2. The van der Waals surface area contributed by atoms with Gasteiger partial charge in [0, 0.05) is 22.6 Å². The number of hydrazone groups is 1. The summed E-state index contributed by atoms with van der Waals surface area (Å²) in [5.74, 6) is 0.617. The van der Waals surface area contributed by atoms with E-state index in [1.54, 1.807) is 12.1 Å². The first-order valence-corrected chi connectivity index (χ1v) is 10.6. The zero-order valence-electron chi connectivity index (χ0n) is 14.6. The van der Waals surface area contributed by atoms with Crippen molar-refractivity contribution >= 4 is 55.7 Å². The number of hydrogen-bond acceptors (Lipinski definition) is 6. The van der Waals surface area contributed by atoms with E-state index in [1.807, 2.05) is 41.9 Å². The second-order valence-electron chi connectivity index (χ2n) is 5.64. The Labute approximate surface area is 182 Å². The molecule has 144 valence electrons. The molecule has 0 saturated carbocycles. The second-order valence-corrected chi connectivity index (χ2v) is 8.35. The summed E-state index contributed by atoms with van der Waals surface area (Å²) in [7, 11) is 1.86. The monoisotopic (exact) mass is 523 g/mol. The molecule has 1 amide bonds. The number of aromatic hydroxyl groups is 1. The maximum Gasteiger partial charge on any atom is 0.250 e. The number of carbonyl (C=O) groups excluding carboxylic acids is 1. The van der Waals surface area contributed by atoms with Crippen molar-refractivity contribution in [3.63, 3.8) is 0 Å². The molecule has 0 aliphatic rings. The smallest absolute Gasteiger partial charge is 0.250 e. The van der Waals surface area contributed by atoms with Crippen LogP contribution < -0.4 is 5.43 Å². The maximum atomic E-state index is 12.0. The minimum absolute atomic E-state index is 0.0445. The molecule has 7 nitrogen and oxygen atoms in total. The SMILES string of the molecule is Cn1c(SCC(=O)N/N=C/c2cc(Br)cc(Br)c2O)nnc1-c1ccccc1. The molecular weight excluding hydrogens is 510 g/mol. The normalized spacial score (nSPS) is 11.1. The van der Waals surface area contributed by atoms with E-state index in [9.17, 15) is 9.90 Å². The van der Waals surface area contributed by atoms with Crippen molar-refractivity contribution in [3.8, 4) is 17.1 Å². The topological polar surface area (TPSA) is 92.4 Å². The quantitative estimate of drug-likeness (QED) is 0.289. The zero-order valence-corrected chi connectivity index (χ0v) is 18.6. The molecular formula is C18H15Br2N5O2S. The summed E-state index contributed by atoms with van der Waals surface area (Å²) in [5, 5.41) is 22.8. The molecule has 1 heterocycles. The zero-order chi connectivity index (χ0) is 20.1. The van der Waals surface area contributed by atoms with Crippen LogP contribution in [0.1, 0.15) is 5.56 Å². The Hall–Kier alpha value is -2.17. The first-order valence-electron chi connectivity index (χ1n) is 8.03. The van der Waals surface area contributed by atoms with Gasteiger partial charge in [-0.05, 0) is 28.1 Å². The van der Waals surface area contributed by atoms with E-state index >= 15 is 0 Å². The fourth-order valence-electron chi connectivity index (χ4n) is 2.30. The summed E-state index contributed by atoms with van der Waals surface area (Å²) in [6, 6.07) is 13.1. The predicted octanol–water partition coefficient (Wildman–Crippen LogP) is 3.96. The maximum absolute atomic E-state index is 12.0. The molecule has 28 heavy (non-hydrogen) atoms. The molecule has 0 bridgehead atoms. The number of halogens is 2. The number of thioether (sulfide) groups is 1. The van der Waals surface area contributed by atoms with Gasteiger partial charge in [-0.2, -0.15) is 5.10 Å². The highest BCUT2D eigenvalue weighted by molar-refractivity contribution is 9.11. The Bertz CT molecular complexity index is 1020. The van der Waals surface area contributed by atoms with E-state index in [1.165, 1.54) is 18.0 Å². The van der Waals surface area contributed by atoms with Gasteiger partial charge >= 0.3 is 0 Å². The molecule has 2 N–H and O–H groups in total.